The Labute approximate surface area is 212 Å². The molecule has 2 amide bonds. The highest BCUT2D eigenvalue weighted by atomic mass is 35.5. The number of rotatable bonds is 6. The van der Waals surface area contributed by atoms with Crippen LogP contribution in [0.15, 0.2) is 42.7 Å². The zero-order valence-corrected chi connectivity index (χ0v) is 20.9. The smallest absolute Gasteiger partial charge is 0.306 e. The normalized spacial score (nSPS) is 14.8. The van der Waals surface area contributed by atoms with Crippen molar-refractivity contribution in [1.82, 2.24) is 20.2 Å². The van der Waals surface area contributed by atoms with Gasteiger partial charge in [-0.15, -0.1) is 0 Å². The molecule has 1 aliphatic rings. The molecular formula is C25H24Cl2N4O4. The first kappa shape index (κ1) is 24.8. The van der Waals surface area contributed by atoms with Gasteiger partial charge in [0.05, 0.1) is 34.3 Å². The van der Waals surface area contributed by atoms with Crippen molar-refractivity contribution in [2.24, 2.45) is 13.0 Å². The minimum absolute atomic E-state index is 0.0758. The van der Waals surface area contributed by atoms with Crippen LogP contribution < -0.4 is 5.43 Å². The van der Waals surface area contributed by atoms with Crippen LogP contribution in [-0.2, 0) is 18.4 Å². The van der Waals surface area contributed by atoms with Gasteiger partial charge in [0.2, 0.25) is 0 Å². The number of amides is 2. The lowest BCUT2D eigenvalue weighted by atomic mass is 9.81. The Balaban J connectivity index is 1.66. The molecule has 10 heteroatoms. The Hall–Kier alpha value is -3.36. The van der Waals surface area contributed by atoms with E-state index in [1.165, 1.54) is 5.01 Å². The lowest BCUT2D eigenvalue weighted by molar-refractivity contribution is -0.141. The lowest BCUT2D eigenvalue weighted by Gasteiger charge is -2.32. The van der Waals surface area contributed by atoms with Crippen LogP contribution >= 0.6 is 23.2 Å². The molecule has 2 N–H and O–H groups in total. The third kappa shape index (κ3) is 4.63. The molecule has 2 atom stereocenters. The Morgan fingerprint density at radius 2 is 1.89 bits per heavy atom. The van der Waals surface area contributed by atoms with Crippen LogP contribution in [0.5, 0.6) is 0 Å². The molecule has 2 heterocycles. The van der Waals surface area contributed by atoms with E-state index in [4.69, 9.17) is 23.2 Å². The third-order valence-corrected chi connectivity index (χ3v) is 6.94. The van der Waals surface area contributed by atoms with Gasteiger partial charge in [0.1, 0.15) is 0 Å². The fraction of sp³-hybridized carbons (Fsp3) is 0.280. The summed E-state index contributed by atoms with van der Waals surface area (Å²) >= 11 is 12.9. The van der Waals surface area contributed by atoms with Crippen LogP contribution in [0, 0.1) is 5.92 Å². The van der Waals surface area contributed by atoms with Gasteiger partial charge in [-0.2, -0.15) is 5.10 Å². The number of benzene rings is 2. The number of carbonyl (C=O) groups excluding carboxylic acids is 2. The molecule has 8 nitrogen and oxygen atoms in total. The minimum Gasteiger partial charge on any atom is -0.481 e. The van der Waals surface area contributed by atoms with E-state index >= 15 is 0 Å². The molecule has 0 radical (unpaired) electrons. The van der Waals surface area contributed by atoms with E-state index in [1.807, 2.05) is 6.92 Å². The van der Waals surface area contributed by atoms with Crippen molar-refractivity contribution >= 4 is 41.0 Å². The number of hydrogen-bond acceptors (Lipinski definition) is 4. The molecule has 2 aromatic carbocycles. The van der Waals surface area contributed by atoms with Crippen molar-refractivity contribution in [3.63, 3.8) is 0 Å². The topological polar surface area (TPSA) is 105 Å². The molecule has 1 aliphatic heterocycles. The van der Waals surface area contributed by atoms with Gasteiger partial charge < -0.3 is 5.11 Å². The number of hydrazine groups is 1. The number of carboxylic acid groups (broad SMARTS) is 1. The average Bonchev–Trinajstić information content (AvgIpc) is 3.25. The highest BCUT2D eigenvalue weighted by Gasteiger charge is 2.34. The quantitative estimate of drug-likeness (QED) is 0.486. The summed E-state index contributed by atoms with van der Waals surface area (Å²) in [4.78, 5) is 38.1. The van der Waals surface area contributed by atoms with E-state index in [2.05, 4.69) is 10.5 Å². The summed E-state index contributed by atoms with van der Waals surface area (Å²) in [7, 11) is 1.79. The minimum atomic E-state index is -0.929. The number of aryl methyl sites for hydroxylation is 1. The molecule has 0 bridgehead atoms. The maximum absolute atomic E-state index is 13.4. The summed E-state index contributed by atoms with van der Waals surface area (Å²) in [5.74, 6) is -2.98. The Morgan fingerprint density at radius 3 is 2.46 bits per heavy atom. The molecule has 1 aromatic heterocycles. The van der Waals surface area contributed by atoms with E-state index < -0.39 is 23.7 Å². The maximum atomic E-state index is 13.4. The zero-order chi connectivity index (χ0) is 25.4. The number of aromatic nitrogens is 2. The second-order valence-electron chi connectivity index (χ2n) is 8.57. The summed E-state index contributed by atoms with van der Waals surface area (Å²) in [6.45, 7) is 3.60. The van der Waals surface area contributed by atoms with Gasteiger partial charge >= 0.3 is 5.97 Å². The first-order chi connectivity index (χ1) is 16.6. The summed E-state index contributed by atoms with van der Waals surface area (Å²) < 4.78 is 1.64. The van der Waals surface area contributed by atoms with Crippen molar-refractivity contribution in [2.45, 2.75) is 32.7 Å². The molecular weight excluding hydrogens is 491 g/mol. The summed E-state index contributed by atoms with van der Waals surface area (Å²) in [6, 6.07) is 8.57. The molecule has 0 fully saturated rings. The lowest BCUT2D eigenvalue weighted by Crippen LogP contribution is -2.50. The van der Waals surface area contributed by atoms with E-state index in [-0.39, 0.29) is 28.1 Å². The van der Waals surface area contributed by atoms with E-state index in [0.29, 0.717) is 28.7 Å². The largest absolute Gasteiger partial charge is 0.481 e. The molecule has 0 saturated heterocycles. The number of aliphatic carboxylic acids is 1. The number of carboxylic acids is 1. The molecule has 0 saturated carbocycles. The third-order valence-electron chi connectivity index (χ3n) is 6.35. The van der Waals surface area contributed by atoms with Crippen LogP contribution in [0.2, 0.25) is 10.0 Å². The van der Waals surface area contributed by atoms with E-state index in [1.54, 1.807) is 61.4 Å². The summed E-state index contributed by atoms with van der Waals surface area (Å²) in [5, 5.41) is 15.1. The van der Waals surface area contributed by atoms with Crippen LogP contribution in [0.1, 0.15) is 58.0 Å². The second-order valence-corrected chi connectivity index (χ2v) is 9.39. The Morgan fingerprint density at radius 1 is 1.20 bits per heavy atom. The van der Waals surface area contributed by atoms with Crippen molar-refractivity contribution in [3.05, 3.63) is 75.0 Å². The number of halogens is 2. The van der Waals surface area contributed by atoms with Gasteiger partial charge in [-0.3, -0.25) is 24.5 Å². The number of fused-ring (bicyclic) bond motifs is 1. The highest BCUT2D eigenvalue weighted by Crippen LogP contribution is 2.36. The first-order valence-electron chi connectivity index (χ1n) is 11.1. The first-order valence-corrected chi connectivity index (χ1v) is 11.8. The maximum Gasteiger partial charge on any atom is 0.306 e. The summed E-state index contributed by atoms with van der Waals surface area (Å²) in [6.07, 6.45) is 4.02. The molecule has 182 valence electrons. The predicted molar refractivity (Wildman–Crippen MR) is 132 cm³/mol. The second kappa shape index (κ2) is 9.71. The van der Waals surface area contributed by atoms with Gasteiger partial charge in [-0.05, 0) is 41.2 Å². The van der Waals surface area contributed by atoms with Gasteiger partial charge in [-0.25, -0.2) is 5.01 Å². The zero-order valence-electron chi connectivity index (χ0n) is 19.4. The highest BCUT2D eigenvalue weighted by molar-refractivity contribution is 6.40. The predicted octanol–water partition coefficient (Wildman–Crippen LogP) is 4.91. The molecule has 4 rings (SSSR count). The van der Waals surface area contributed by atoms with Crippen LogP contribution in [0.4, 0.5) is 0 Å². The average molecular weight is 515 g/mol. The fourth-order valence-corrected chi connectivity index (χ4v) is 5.16. The molecule has 3 aromatic rings. The van der Waals surface area contributed by atoms with Crippen LogP contribution in [0.25, 0.3) is 11.1 Å². The van der Waals surface area contributed by atoms with Crippen molar-refractivity contribution < 1.29 is 19.5 Å². The number of hydrogen-bond donors (Lipinski definition) is 2. The number of nitrogens with zero attached hydrogens (tertiary/aromatic N) is 3. The molecule has 0 spiro atoms. The van der Waals surface area contributed by atoms with Gasteiger partial charge in [-0.1, -0.05) is 55.2 Å². The monoisotopic (exact) mass is 514 g/mol. The van der Waals surface area contributed by atoms with E-state index in [0.717, 1.165) is 5.56 Å². The summed E-state index contributed by atoms with van der Waals surface area (Å²) in [5.41, 5.74) is 5.89. The Kier molecular flexibility index (Phi) is 6.87. The SMILES string of the molecule is CCC(c1cccc2c1C(=O)NN(C(=O)c1c(Cl)cc(-c3cnn(C)c3)cc1Cl)C2)C(C)C(=O)O. The van der Waals surface area contributed by atoms with Gasteiger partial charge in [0.15, 0.2) is 0 Å². The molecule has 2 unspecified atom stereocenters. The van der Waals surface area contributed by atoms with Gasteiger partial charge in [0.25, 0.3) is 11.8 Å². The Bertz CT molecular complexity index is 1310. The van der Waals surface area contributed by atoms with E-state index in [9.17, 15) is 19.5 Å². The van der Waals surface area contributed by atoms with Crippen molar-refractivity contribution in [1.29, 1.82) is 0 Å². The number of carbonyl (C=O) groups is 3. The molecule has 0 aliphatic carbocycles. The van der Waals surface area contributed by atoms with Crippen LogP contribution in [0.3, 0.4) is 0 Å². The van der Waals surface area contributed by atoms with Crippen LogP contribution in [-0.4, -0.2) is 37.7 Å². The van der Waals surface area contributed by atoms with Gasteiger partial charge in [0, 0.05) is 24.4 Å². The fourth-order valence-electron chi connectivity index (χ4n) is 4.51. The van der Waals surface area contributed by atoms with Crippen molar-refractivity contribution in [3.8, 4) is 11.1 Å². The molecule has 35 heavy (non-hydrogen) atoms. The standard InChI is InChI=1S/C25H24Cl2N4O4/c1-4-17(13(2)25(34)35)18-7-5-6-14-12-31(29-23(32)21(14)18)24(33)22-19(26)8-15(9-20(22)27)16-10-28-30(3)11-16/h5-11,13,17H,4,12H2,1-3H3,(H,29,32)(H,34,35). The van der Waals surface area contributed by atoms with Crippen molar-refractivity contribution in [2.75, 3.05) is 0 Å². The number of nitrogens with one attached hydrogen (secondary N) is 1.